The quantitative estimate of drug-likeness (QED) is 0.0581. The molecule has 0 fully saturated rings. The number of hydrogen-bond acceptors (Lipinski definition) is 3. The summed E-state index contributed by atoms with van der Waals surface area (Å²) in [6.07, 6.45) is 18.0. The lowest BCUT2D eigenvalue weighted by Crippen LogP contribution is -2.45. The Morgan fingerprint density at radius 2 is 1.27 bits per heavy atom. The van der Waals surface area contributed by atoms with E-state index in [4.69, 9.17) is 9.47 Å². The number of carbonyl (C=O) groups excluding carboxylic acids is 1. The summed E-state index contributed by atoms with van der Waals surface area (Å²) in [4.78, 5) is 13.2. The molecule has 0 aromatic heterocycles. The summed E-state index contributed by atoms with van der Waals surface area (Å²) in [7, 11) is 4.37. The van der Waals surface area contributed by atoms with Gasteiger partial charge in [-0.05, 0) is 30.9 Å². The third-order valence-electron chi connectivity index (χ3n) is 8.11. The maximum Gasteiger partial charge on any atom is 0.317 e. The van der Waals surface area contributed by atoms with Gasteiger partial charge in [-0.2, -0.15) is 0 Å². The first-order chi connectivity index (χ1) is 19.9. The molecule has 0 saturated heterocycles. The first-order valence-electron chi connectivity index (χ1n) is 16.7. The number of hydrogen-bond donors (Lipinski definition) is 0. The van der Waals surface area contributed by atoms with Gasteiger partial charge in [0.05, 0.1) is 20.6 Å². The van der Waals surface area contributed by atoms with Gasteiger partial charge >= 0.3 is 5.97 Å². The normalized spacial score (nSPS) is 13.1. The molecule has 2 unspecified atom stereocenters. The van der Waals surface area contributed by atoms with Gasteiger partial charge in [-0.1, -0.05) is 140 Å². The Kier molecular flexibility index (Phi) is 17.5. The van der Waals surface area contributed by atoms with Gasteiger partial charge in [0.25, 0.3) is 0 Å². The molecule has 0 aliphatic carbocycles. The van der Waals surface area contributed by atoms with Crippen molar-refractivity contribution in [3.63, 3.8) is 0 Å². The number of quaternary nitrogens is 1. The molecule has 2 aromatic carbocycles. The van der Waals surface area contributed by atoms with Gasteiger partial charge in [0, 0.05) is 12.0 Å². The lowest BCUT2D eigenvalue weighted by atomic mass is 10.0. The van der Waals surface area contributed by atoms with Crippen molar-refractivity contribution in [2.75, 3.05) is 20.6 Å². The van der Waals surface area contributed by atoms with Gasteiger partial charge in [0.15, 0.2) is 0 Å². The van der Waals surface area contributed by atoms with Crippen LogP contribution >= 0.6 is 0 Å². The number of nitrogens with zero attached hydrogens (tertiary/aromatic N) is 1. The third-order valence-corrected chi connectivity index (χ3v) is 8.11. The maximum atomic E-state index is 13.2. The van der Waals surface area contributed by atoms with Crippen molar-refractivity contribution in [1.82, 2.24) is 0 Å². The smallest absolute Gasteiger partial charge is 0.317 e. The fraction of sp³-hybridized carbons (Fsp3) is 0.649. The highest BCUT2D eigenvalue weighted by Gasteiger charge is 2.30. The van der Waals surface area contributed by atoms with Crippen molar-refractivity contribution in [2.24, 2.45) is 5.92 Å². The second-order valence-electron chi connectivity index (χ2n) is 12.5. The average molecular weight is 567 g/mol. The monoisotopic (exact) mass is 566 g/mol. The van der Waals surface area contributed by atoms with E-state index in [1.54, 1.807) is 0 Å². The zero-order chi connectivity index (χ0) is 29.8. The number of aryl methyl sites for hydroxylation is 1. The Balaban J connectivity index is 1.76. The second-order valence-corrected chi connectivity index (χ2v) is 12.5. The second kappa shape index (κ2) is 20.5. The van der Waals surface area contributed by atoms with Crippen LogP contribution in [0.25, 0.3) is 0 Å². The predicted molar refractivity (Wildman–Crippen MR) is 173 cm³/mol. The van der Waals surface area contributed by atoms with Crippen molar-refractivity contribution >= 4 is 5.97 Å². The van der Waals surface area contributed by atoms with Gasteiger partial charge < -0.3 is 14.0 Å². The number of benzene rings is 2. The van der Waals surface area contributed by atoms with Crippen LogP contribution in [0.3, 0.4) is 0 Å². The molecule has 2 rings (SSSR count). The molecule has 0 heterocycles. The first-order valence-corrected chi connectivity index (χ1v) is 16.7. The van der Waals surface area contributed by atoms with E-state index in [9.17, 15) is 4.79 Å². The van der Waals surface area contributed by atoms with Crippen LogP contribution in [-0.2, 0) is 22.5 Å². The zero-order valence-corrected chi connectivity index (χ0v) is 27.0. The minimum atomic E-state index is -0.565. The SMILES string of the molecule is CCCCCCCCCCCCCCc1ccccc1OC(CC)OC(=O)C(CC)C[N+](C)(C)Cc1ccccc1. The standard InChI is InChI=1S/C37H60NO3/c1-6-9-10-11-12-13-14-15-16-17-18-22-27-34-28-23-24-29-35(34)40-36(8-3)41-37(39)33(7-2)31-38(4,5)30-32-25-20-19-21-26-32/h19-21,23-26,28-29,33,36H,6-18,22,27,30-31H2,1-5H3/q+1. The summed E-state index contributed by atoms with van der Waals surface area (Å²) < 4.78 is 13.0. The van der Waals surface area contributed by atoms with E-state index in [1.807, 2.05) is 25.1 Å². The minimum absolute atomic E-state index is 0.156. The maximum absolute atomic E-state index is 13.2. The highest BCUT2D eigenvalue weighted by Crippen LogP contribution is 2.24. The molecule has 0 radical (unpaired) electrons. The largest absolute Gasteiger partial charge is 0.455 e. The van der Waals surface area contributed by atoms with Gasteiger partial charge in [0.2, 0.25) is 6.29 Å². The van der Waals surface area contributed by atoms with E-state index in [0.29, 0.717) is 6.42 Å². The summed E-state index contributed by atoms with van der Waals surface area (Å²) >= 11 is 0. The Morgan fingerprint density at radius 1 is 0.707 bits per heavy atom. The van der Waals surface area contributed by atoms with E-state index in [2.05, 4.69) is 64.3 Å². The molecule has 0 aliphatic heterocycles. The van der Waals surface area contributed by atoms with Crippen LogP contribution in [0.1, 0.15) is 122 Å². The highest BCUT2D eigenvalue weighted by molar-refractivity contribution is 5.72. The van der Waals surface area contributed by atoms with Gasteiger partial charge in [0.1, 0.15) is 18.2 Å². The van der Waals surface area contributed by atoms with Gasteiger partial charge in [-0.15, -0.1) is 0 Å². The van der Waals surface area contributed by atoms with E-state index in [1.165, 1.54) is 88.2 Å². The van der Waals surface area contributed by atoms with Crippen LogP contribution in [0.5, 0.6) is 5.75 Å². The lowest BCUT2D eigenvalue weighted by Gasteiger charge is -2.33. The topological polar surface area (TPSA) is 35.5 Å². The number of carbonyl (C=O) groups is 1. The molecule has 0 N–H and O–H groups in total. The van der Waals surface area contributed by atoms with Crippen molar-refractivity contribution in [3.8, 4) is 5.75 Å². The molecule has 230 valence electrons. The van der Waals surface area contributed by atoms with Gasteiger partial charge in [-0.3, -0.25) is 4.79 Å². The van der Waals surface area contributed by atoms with E-state index in [-0.39, 0.29) is 11.9 Å². The molecule has 0 bridgehead atoms. The number of unbranched alkanes of at least 4 members (excludes halogenated alkanes) is 11. The Labute approximate surface area is 252 Å². The van der Waals surface area contributed by atoms with Gasteiger partial charge in [-0.25, -0.2) is 0 Å². The summed E-state index contributed by atoms with van der Waals surface area (Å²) in [6.45, 7) is 7.98. The molecular formula is C37H60NO3+. The molecule has 0 aliphatic rings. The number of rotatable bonds is 23. The van der Waals surface area contributed by atoms with Crippen molar-refractivity contribution in [3.05, 3.63) is 65.7 Å². The third kappa shape index (κ3) is 14.9. The van der Waals surface area contributed by atoms with Crippen LogP contribution in [0, 0.1) is 5.92 Å². The van der Waals surface area contributed by atoms with Crippen molar-refractivity contribution < 1.29 is 18.8 Å². The van der Waals surface area contributed by atoms with Crippen LogP contribution < -0.4 is 4.74 Å². The molecule has 41 heavy (non-hydrogen) atoms. The Bertz CT molecular complexity index is 942. The number of ether oxygens (including phenoxy) is 2. The molecule has 4 heteroatoms. The predicted octanol–water partition coefficient (Wildman–Crippen LogP) is 9.89. The summed E-state index contributed by atoms with van der Waals surface area (Å²) in [5.41, 5.74) is 2.49. The zero-order valence-electron chi connectivity index (χ0n) is 27.0. The van der Waals surface area contributed by atoms with E-state index >= 15 is 0 Å². The minimum Gasteiger partial charge on any atom is -0.455 e. The molecule has 0 saturated carbocycles. The van der Waals surface area contributed by atoms with Crippen LogP contribution in [0.2, 0.25) is 0 Å². The Morgan fingerprint density at radius 3 is 1.85 bits per heavy atom. The number of para-hydroxylation sites is 1. The van der Waals surface area contributed by atoms with Crippen LogP contribution in [0.15, 0.2) is 54.6 Å². The van der Waals surface area contributed by atoms with Crippen LogP contribution in [0.4, 0.5) is 0 Å². The van der Waals surface area contributed by atoms with E-state index < -0.39 is 6.29 Å². The average Bonchev–Trinajstić information content (AvgIpc) is 2.97. The van der Waals surface area contributed by atoms with E-state index in [0.717, 1.165) is 36.2 Å². The fourth-order valence-corrected chi connectivity index (χ4v) is 5.65. The molecule has 2 aromatic rings. The lowest BCUT2D eigenvalue weighted by molar-refractivity contribution is -0.906. The van der Waals surface area contributed by atoms with Crippen molar-refractivity contribution in [1.29, 1.82) is 0 Å². The first kappa shape index (κ1) is 34.9. The van der Waals surface area contributed by atoms with Crippen molar-refractivity contribution in [2.45, 2.75) is 130 Å². The molecular weight excluding hydrogens is 506 g/mol. The fourth-order valence-electron chi connectivity index (χ4n) is 5.65. The molecule has 0 amide bonds. The molecule has 4 nitrogen and oxygen atoms in total. The molecule has 2 atom stereocenters. The van der Waals surface area contributed by atoms with Crippen LogP contribution in [-0.4, -0.2) is 37.4 Å². The summed E-state index contributed by atoms with van der Waals surface area (Å²) in [6, 6.07) is 18.7. The summed E-state index contributed by atoms with van der Waals surface area (Å²) in [5, 5.41) is 0. The number of esters is 1. The Hall–Kier alpha value is -2.33. The molecule has 0 spiro atoms. The highest BCUT2D eigenvalue weighted by atomic mass is 16.7. The summed E-state index contributed by atoms with van der Waals surface area (Å²) in [5.74, 6) is 0.531.